The molecule has 3 aromatic rings. The maximum Gasteiger partial charge on any atom is 0.255 e. The number of pyridine rings is 1. The monoisotopic (exact) mass is 366 g/mol. The topological polar surface area (TPSA) is 94.6 Å². The SMILES string of the molecule is CCc1ccc(C(=O)N2CCCn3nnc(Cn4nncc4C)c3C2)cn1. The molecule has 0 radical (unpaired) electrons. The Morgan fingerprint density at radius 2 is 2.07 bits per heavy atom. The number of fused-ring (bicyclic) bond motifs is 1. The molecule has 9 nitrogen and oxygen atoms in total. The van der Waals surface area contributed by atoms with E-state index in [1.807, 2.05) is 35.6 Å². The van der Waals surface area contributed by atoms with Crippen LogP contribution in [0, 0.1) is 6.92 Å². The molecule has 3 aromatic heterocycles. The molecular weight excluding hydrogens is 344 g/mol. The Hall–Kier alpha value is -3.10. The molecule has 1 amide bonds. The van der Waals surface area contributed by atoms with Gasteiger partial charge in [-0.15, -0.1) is 10.2 Å². The molecule has 0 N–H and O–H groups in total. The standard InChI is InChI=1S/C18H22N8O/c1-3-15-6-5-14(10-19-15)18(27)24-7-4-8-25-17(12-24)16(21-23-25)11-26-13(2)9-20-22-26/h5-6,9-10H,3-4,7-8,11-12H2,1-2H3. The van der Waals surface area contributed by atoms with Gasteiger partial charge >= 0.3 is 0 Å². The largest absolute Gasteiger partial charge is 0.333 e. The molecule has 4 rings (SSSR count). The maximum atomic E-state index is 13.0. The van der Waals surface area contributed by atoms with Crippen LogP contribution in [0.3, 0.4) is 0 Å². The lowest BCUT2D eigenvalue weighted by Gasteiger charge is -2.20. The summed E-state index contributed by atoms with van der Waals surface area (Å²) in [4.78, 5) is 19.2. The highest BCUT2D eigenvalue weighted by Gasteiger charge is 2.24. The molecule has 0 bridgehead atoms. The second-order valence-electron chi connectivity index (χ2n) is 6.71. The van der Waals surface area contributed by atoms with Gasteiger partial charge in [-0.05, 0) is 31.9 Å². The summed E-state index contributed by atoms with van der Waals surface area (Å²) in [6.07, 6.45) is 5.07. The zero-order valence-corrected chi connectivity index (χ0v) is 15.5. The van der Waals surface area contributed by atoms with Crippen LogP contribution in [0.15, 0.2) is 24.5 Å². The predicted octanol–water partition coefficient (Wildman–Crippen LogP) is 1.23. The second kappa shape index (κ2) is 7.26. The van der Waals surface area contributed by atoms with Crippen LogP contribution in [-0.2, 0) is 26.1 Å². The van der Waals surface area contributed by atoms with Crippen molar-refractivity contribution >= 4 is 5.91 Å². The molecule has 140 valence electrons. The molecule has 27 heavy (non-hydrogen) atoms. The maximum absolute atomic E-state index is 13.0. The van der Waals surface area contributed by atoms with Gasteiger partial charge in [-0.3, -0.25) is 9.78 Å². The zero-order chi connectivity index (χ0) is 18.8. The normalized spacial score (nSPS) is 14.1. The van der Waals surface area contributed by atoms with Crippen molar-refractivity contribution in [2.45, 2.75) is 46.3 Å². The molecular formula is C18H22N8O. The first-order valence-electron chi connectivity index (χ1n) is 9.16. The number of hydrogen-bond acceptors (Lipinski definition) is 6. The molecule has 0 unspecified atom stereocenters. The van der Waals surface area contributed by atoms with Gasteiger partial charge in [-0.1, -0.05) is 17.4 Å². The van der Waals surface area contributed by atoms with Crippen molar-refractivity contribution in [3.63, 3.8) is 0 Å². The van der Waals surface area contributed by atoms with E-state index >= 15 is 0 Å². The number of nitrogens with zero attached hydrogens (tertiary/aromatic N) is 8. The summed E-state index contributed by atoms with van der Waals surface area (Å²) in [5.41, 5.74) is 4.33. The molecule has 0 aliphatic carbocycles. The van der Waals surface area contributed by atoms with Gasteiger partial charge in [0.05, 0.1) is 36.2 Å². The van der Waals surface area contributed by atoms with Crippen molar-refractivity contribution < 1.29 is 4.79 Å². The number of aryl methyl sites for hydroxylation is 3. The number of aromatic nitrogens is 7. The lowest BCUT2D eigenvalue weighted by atomic mass is 10.2. The summed E-state index contributed by atoms with van der Waals surface area (Å²) in [5, 5.41) is 16.6. The second-order valence-corrected chi connectivity index (χ2v) is 6.71. The third kappa shape index (κ3) is 3.44. The van der Waals surface area contributed by atoms with Gasteiger partial charge in [0.1, 0.15) is 5.69 Å². The first-order chi connectivity index (χ1) is 13.2. The van der Waals surface area contributed by atoms with Gasteiger partial charge in [0.2, 0.25) is 0 Å². The van der Waals surface area contributed by atoms with E-state index in [0.29, 0.717) is 25.2 Å². The van der Waals surface area contributed by atoms with Crippen molar-refractivity contribution in [1.82, 2.24) is 39.9 Å². The van der Waals surface area contributed by atoms with E-state index in [2.05, 4.69) is 25.6 Å². The minimum atomic E-state index is -0.0114. The highest BCUT2D eigenvalue weighted by atomic mass is 16.2. The summed E-state index contributed by atoms with van der Waals surface area (Å²) in [6, 6.07) is 3.77. The Morgan fingerprint density at radius 3 is 2.78 bits per heavy atom. The van der Waals surface area contributed by atoms with Crippen molar-refractivity contribution in [1.29, 1.82) is 0 Å². The first kappa shape index (κ1) is 17.3. The van der Waals surface area contributed by atoms with Crippen molar-refractivity contribution in [2.75, 3.05) is 6.54 Å². The summed E-state index contributed by atoms with van der Waals surface area (Å²) in [5.74, 6) is -0.0114. The highest BCUT2D eigenvalue weighted by molar-refractivity contribution is 5.93. The summed E-state index contributed by atoms with van der Waals surface area (Å²) >= 11 is 0. The van der Waals surface area contributed by atoms with Crippen LogP contribution in [-0.4, -0.2) is 52.3 Å². The molecule has 1 aliphatic rings. The number of carbonyl (C=O) groups excluding carboxylic acids is 1. The Kier molecular flexibility index (Phi) is 4.66. The quantitative estimate of drug-likeness (QED) is 0.689. The Balaban J connectivity index is 1.57. The minimum Gasteiger partial charge on any atom is -0.333 e. The van der Waals surface area contributed by atoms with Crippen LogP contribution in [0.4, 0.5) is 0 Å². The van der Waals surface area contributed by atoms with Gasteiger partial charge < -0.3 is 4.90 Å². The third-order valence-corrected chi connectivity index (χ3v) is 4.89. The van der Waals surface area contributed by atoms with Gasteiger partial charge in [-0.2, -0.15) is 0 Å². The van der Waals surface area contributed by atoms with E-state index in [9.17, 15) is 4.79 Å². The Morgan fingerprint density at radius 1 is 1.19 bits per heavy atom. The number of carbonyl (C=O) groups is 1. The van der Waals surface area contributed by atoms with Gasteiger partial charge in [0, 0.05) is 25.0 Å². The molecule has 1 aliphatic heterocycles. The van der Waals surface area contributed by atoms with Crippen molar-refractivity contribution in [2.24, 2.45) is 0 Å². The van der Waals surface area contributed by atoms with Crippen LogP contribution in [0.25, 0.3) is 0 Å². The van der Waals surface area contributed by atoms with Crippen LogP contribution >= 0.6 is 0 Å². The first-order valence-corrected chi connectivity index (χ1v) is 9.16. The van der Waals surface area contributed by atoms with Crippen LogP contribution in [0.5, 0.6) is 0 Å². The van der Waals surface area contributed by atoms with Gasteiger partial charge in [0.15, 0.2) is 0 Å². The van der Waals surface area contributed by atoms with E-state index in [4.69, 9.17) is 0 Å². The van der Waals surface area contributed by atoms with E-state index in [1.54, 1.807) is 17.1 Å². The zero-order valence-electron chi connectivity index (χ0n) is 15.5. The van der Waals surface area contributed by atoms with Crippen molar-refractivity contribution in [3.05, 3.63) is 52.9 Å². The summed E-state index contributed by atoms with van der Waals surface area (Å²) in [7, 11) is 0. The lowest BCUT2D eigenvalue weighted by Crippen LogP contribution is -2.31. The molecule has 4 heterocycles. The van der Waals surface area contributed by atoms with E-state index in [0.717, 1.165) is 42.2 Å². The van der Waals surface area contributed by atoms with Gasteiger partial charge in [-0.25, -0.2) is 9.36 Å². The molecule has 0 aromatic carbocycles. The number of amides is 1. The molecule has 0 fully saturated rings. The smallest absolute Gasteiger partial charge is 0.255 e. The Labute approximate surface area is 157 Å². The number of hydrogen-bond donors (Lipinski definition) is 0. The molecule has 9 heteroatoms. The van der Waals surface area contributed by atoms with Crippen LogP contribution < -0.4 is 0 Å². The van der Waals surface area contributed by atoms with Crippen molar-refractivity contribution in [3.8, 4) is 0 Å². The minimum absolute atomic E-state index is 0.0114. The van der Waals surface area contributed by atoms with Gasteiger partial charge in [0.25, 0.3) is 5.91 Å². The highest BCUT2D eigenvalue weighted by Crippen LogP contribution is 2.18. The van der Waals surface area contributed by atoms with E-state index in [1.165, 1.54) is 0 Å². The average molecular weight is 366 g/mol. The average Bonchev–Trinajstić information content (AvgIpc) is 3.20. The Bertz CT molecular complexity index is 943. The predicted molar refractivity (Wildman–Crippen MR) is 96.9 cm³/mol. The summed E-state index contributed by atoms with van der Waals surface area (Å²) < 4.78 is 3.68. The van der Waals surface area contributed by atoms with E-state index in [-0.39, 0.29) is 5.91 Å². The molecule has 0 spiro atoms. The fourth-order valence-electron chi connectivity index (χ4n) is 3.24. The molecule has 0 atom stereocenters. The fourth-order valence-corrected chi connectivity index (χ4v) is 3.24. The molecule has 0 saturated carbocycles. The molecule has 0 saturated heterocycles. The van der Waals surface area contributed by atoms with Crippen LogP contribution in [0.1, 0.15) is 46.5 Å². The lowest BCUT2D eigenvalue weighted by molar-refractivity contribution is 0.0745. The fraction of sp³-hybridized carbons (Fsp3) is 0.444. The van der Waals surface area contributed by atoms with Crippen LogP contribution in [0.2, 0.25) is 0 Å². The number of rotatable bonds is 4. The van der Waals surface area contributed by atoms with E-state index < -0.39 is 0 Å². The summed E-state index contributed by atoms with van der Waals surface area (Å²) in [6.45, 7) is 6.39. The third-order valence-electron chi connectivity index (χ3n) is 4.89.